The molecule has 0 radical (unpaired) electrons. The van der Waals surface area contributed by atoms with Crippen molar-refractivity contribution < 1.29 is 4.74 Å². The average molecular weight is 262 g/mol. The quantitative estimate of drug-likeness (QED) is 0.881. The van der Waals surface area contributed by atoms with E-state index >= 15 is 0 Å². The Balaban J connectivity index is 2.07. The van der Waals surface area contributed by atoms with E-state index < -0.39 is 0 Å². The number of benzene rings is 1. The molecule has 1 saturated heterocycles. The minimum Gasteiger partial charge on any atom is -0.496 e. The van der Waals surface area contributed by atoms with Crippen LogP contribution in [0.25, 0.3) is 0 Å². The van der Waals surface area contributed by atoms with E-state index in [0.29, 0.717) is 0 Å². The van der Waals surface area contributed by atoms with Gasteiger partial charge in [-0.1, -0.05) is 12.1 Å². The molecule has 3 nitrogen and oxygen atoms in total. The summed E-state index contributed by atoms with van der Waals surface area (Å²) in [5, 5.41) is 3.49. The second kappa shape index (κ2) is 6.92. The fraction of sp³-hybridized carbons (Fsp3) is 0.625. The molecule has 1 aliphatic rings. The van der Waals surface area contributed by atoms with Gasteiger partial charge >= 0.3 is 0 Å². The maximum Gasteiger partial charge on any atom is 0.123 e. The molecule has 0 bridgehead atoms. The molecule has 1 heterocycles. The van der Waals surface area contributed by atoms with Gasteiger partial charge in [0, 0.05) is 12.1 Å². The first kappa shape index (κ1) is 14.4. The molecule has 1 aromatic carbocycles. The first-order valence-corrected chi connectivity index (χ1v) is 7.20. The highest BCUT2D eigenvalue weighted by Crippen LogP contribution is 2.24. The Labute approximate surface area is 116 Å². The third kappa shape index (κ3) is 4.22. The number of ether oxygens (including phenoxy) is 1. The maximum absolute atomic E-state index is 5.45. The SMILES string of the molecule is COc1ccc(CC2CCCNC2)cc1CN(C)C. The molecule has 19 heavy (non-hydrogen) atoms. The molecule has 1 fully saturated rings. The Morgan fingerprint density at radius 3 is 2.84 bits per heavy atom. The van der Waals surface area contributed by atoms with Crippen LogP contribution in [0.4, 0.5) is 0 Å². The van der Waals surface area contributed by atoms with Crippen LogP contribution >= 0.6 is 0 Å². The second-order valence-electron chi connectivity index (χ2n) is 5.80. The van der Waals surface area contributed by atoms with E-state index in [4.69, 9.17) is 4.74 Å². The van der Waals surface area contributed by atoms with E-state index in [1.165, 1.54) is 36.9 Å². The minimum absolute atomic E-state index is 0.786. The van der Waals surface area contributed by atoms with Crippen LogP contribution in [0.5, 0.6) is 5.75 Å². The Morgan fingerprint density at radius 2 is 2.21 bits per heavy atom. The summed E-state index contributed by atoms with van der Waals surface area (Å²) in [6, 6.07) is 6.64. The summed E-state index contributed by atoms with van der Waals surface area (Å²) >= 11 is 0. The third-order valence-corrected chi connectivity index (χ3v) is 3.75. The molecule has 106 valence electrons. The number of methoxy groups -OCH3 is 1. The number of nitrogens with zero attached hydrogens (tertiary/aromatic N) is 1. The summed E-state index contributed by atoms with van der Waals surface area (Å²) in [5.41, 5.74) is 2.72. The van der Waals surface area contributed by atoms with Crippen molar-refractivity contribution in [2.45, 2.75) is 25.8 Å². The second-order valence-corrected chi connectivity index (χ2v) is 5.80. The van der Waals surface area contributed by atoms with Gasteiger partial charge in [-0.15, -0.1) is 0 Å². The molecular formula is C16H26N2O. The fourth-order valence-corrected chi connectivity index (χ4v) is 2.85. The number of hydrogen-bond acceptors (Lipinski definition) is 3. The van der Waals surface area contributed by atoms with Crippen LogP contribution in [0, 0.1) is 5.92 Å². The normalized spacial score (nSPS) is 19.7. The van der Waals surface area contributed by atoms with Crippen LogP contribution in [-0.2, 0) is 13.0 Å². The van der Waals surface area contributed by atoms with Crippen LogP contribution in [0.3, 0.4) is 0 Å². The van der Waals surface area contributed by atoms with Gasteiger partial charge in [0.25, 0.3) is 0 Å². The van der Waals surface area contributed by atoms with Crippen molar-refractivity contribution in [3.05, 3.63) is 29.3 Å². The zero-order valence-electron chi connectivity index (χ0n) is 12.4. The summed E-state index contributed by atoms with van der Waals surface area (Å²) in [4.78, 5) is 2.18. The Morgan fingerprint density at radius 1 is 1.37 bits per heavy atom. The molecule has 1 aliphatic heterocycles. The minimum atomic E-state index is 0.786. The lowest BCUT2D eigenvalue weighted by molar-refractivity contribution is 0.367. The van der Waals surface area contributed by atoms with Crippen LogP contribution < -0.4 is 10.1 Å². The number of rotatable bonds is 5. The fourth-order valence-electron chi connectivity index (χ4n) is 2.85. The summed E-state index contributed by atoms with van der Waals surface area (Å²) in [7, 11) is 5.94. The van der Waals surface area contributed by atoms with Gasteiger partial charge in [0.2, 0.25) is 0 Å². The molecule has 0 amide bonds. The standard InChI is InChI=1S/C16H26N2O/c1-18(2)12-15-10-13(6-7-16(15)19-3)9-14-5-4-8-17-11-14/h6-7,10,14,17H,4-5,8-9,11-12H2,1-3H3. The lowest BCUT2D eigenvalue weighted by atomic mass is 9.91. The molecule has 3 heteroatoms. The van der Waals surface area contributed by atoms with Crippen LogP contribution in [0.1, 0.15) is 24.0 Å². The summed E-state index contributed by atoms with van der Waals surface area (Å²) in [6.07, 6.45) is 3.84. The Hall–Kier alpha value is -1.06. The zero-order chi connectivity index (χ0) is 13.7. The maximum atomic E-state index is 5.45. The van der Waals surface area contributed by atoms with E-state index in [0.717, 1.165) is 24.8 Å². The molecular weight excluding hydrogens is 236 g/mol. The molecule has 0 aromatic heterocycles. The van der Waals surface area contributed by atoms with Crippen LogP contribution in [0.2, 0.25) is 0 Å². The van der Waals surface area contributed by atoms with Gasteiger partial charge in [-0.05, 0) is 64.0 Å². The summed E-state index contributed by atoms with van der Waals surface area (Å²) in [5.74, 6) is 1.79. The predicted molar refractivity (Wildman–Crippen MR) is 79.7 cm³/mol. The highest BCUT2D eigenvalue weighted by molar-refractivity contribution is 5.37. The highest BCUT2D eigenvalue weighted by Gasteiger charge is 2.14. The van der Waals surface area contributed by atoms with Gasteiger partial charge in [0.15, 0.2) is 0 Å². The molecule has 0 spiro atoms. The first-order chi connectivity index (χ1) is 9.19. The number of hydrogen-bond donors (Lipinski definition) is 1. The lowest BCUT2D eigenvalue weighted by Gasteiger charge is -2.23. The predicted octanol–water partition coefficient (Wildman–Crippen LogP) is 2.30. The summed E-state index contributed by atoms with van der Waals surface area (Å²) < 4.78 is 5.45. The van der Waals surface area contributed by atoms with E-state index in [9.17, 15) is 0 Å². The molecule has 0 saturated carbocycles. The van der Waals surface area contributed by atoms with Gasteiger partial charge < -0.3 is 15.0 Å². The van der Waals surface area contributed by atoms with Crippen molar-refractivity contribution in [2.24, 2.45) is 5.92 Å². The topological polar surface area (TPSA) is 24.5 Å². The largest absolute Gasteiger partial charge is 0.496 e. The zero-order valence-corrected chi connectivity index (χ0v) is 12.4. The van der Waals surface area contributed by atoms with Gasteiger partial charge in [-0.25, -0.2) is 0 Å². The van der Waals surface area contributed by atoms with Crippen molar-refractivity contribution in [1.29, 1.82) is 0 Å². The lowest BCUT2D eigenvalue weighted by Crippen LogP contribution is -2.30. The molecule has 1 atom stereocenters. The van der Waals surface area contributed by atoms with Crippen molar-refractivity contribution in [3.63, 3.8) is 0 Å². The van der Waals surface area contributed by atoms with Crippen LogP contribution in [0.15, 0.2) is 18.2 Å². The van der Waals surface area contributed by atoms with E-state index in [-0.39, 0.29) is 0 Å². The van der Waals surface area contributed by atoms with E-state index in [1.807, 2.05) is 0 Å². The van der Waals surface area contributed by atoms with Crippen molar-refractivity contribution >= 4 is 0 Å². The molecule has 1 N–H and O–H groups in total. The van der Waals surface area contributed by atoms with Crippen molar-refractivity contribution in [1.82, 2.24) is 10.2 Å². The van der Waals surface area contributed by atoms with Gasteiger partial charge in [-0.3, -0.25) is 0 Å². The van der Waals surface area contributed by atoms with Crippen molar-refractivity contribution in [3.8, 4) is 5.75 Å². The molecule has 1 unspecified atom stereocenters. The van der Waals surface area contributed by atoms with E-state index in [1.54, 1.807) is 7.11 Å². The Bertz CT molecular complexity index is 398. The average Bonchev–Trinajstić information content (AvgIpc) is 2.39. The number of nitrogens with one attached hydrogen (secondary N) is 1. The molecule has 2 rings (SSSR count). The highest BCUT2D eigenvalue weighted by atomic mass is 16.5. The van der Waals surface area contributed by atoms with Gasteiger partial charge in [0.1, 0.15) is 5.75 Å². The Kier molecular flexibility index (Phi) is 5.23. The monoisotopic (exact) mass is 262 g/mol. The number of piperidine rings is 1. The van der Waals surface area contributed by atoms with E-state index in [2.05, 4.69) is 42.5 Å². The first-order valence-electron chi connectivity index (χ1n) is 7.20. The van der Waals surface area contributed by atoms with Crippen molar-refractivity contribution in [2.75, 3.05) is 34.3 Å². The van der Waals surface area contributed by atoms with Gasteiger partial charge in [-0.2, -0.15) is 0 Å². The molecule has 1 aromatic rings. The van der Waals surface area contributed by atoms with Crippen LogP contribution in [-0.4, -0.2) is 39.2 Å². The third-order valence-electron chi connectivity index (χ3n) is 3.75. The van der Waals surface area contributed by atoms with Gasteiger partial charge in [0.05, 0.1) is 7.11 Å². The summed E-state index contributed by atoms with van der Waals surface area (Å²) in [6.45, 7) is 3.28. The smallest absolute Gasteiger partial charge is 0.123 e. The molecule has 0 aliphatic carbocycles.